The van der Waals surface area contributed by atoms with Gasteiger partial charge in [-0.25, -0.2) is 4.39 Å². The minimum absolute atomic E-state index is 0.102. The minimum Gasteiger partial charge on any atom is -0.392 e. The molecule has 0 bridgehead atoms. The van der Waals surface area contributed by atoms with Gasteiger partial charge in [0.1, 0.15) is 5.82 Å². The first-order valence-electron chi connectivity index (χ1n) is 7.88. The average Bonchev–Trinajstić information content (AvgIpc) is 2.95. The maximum Gasteiger partial charge on any atom is 0.123 e. The van der Waals surface area contributed by atoms with Gasteiger partial charge in [0.15, 0.2) is 0 Å². The number of likely N-dealkylation sites (tertiary alicyclic amines) is 1. The van der Waals surface area contributed by atoms with E-state index in [0.717, 1.165) is 37.2 Å². The first-order chi connectivity index (χ1) is 10.7. The van der Waals surface area contributed by atoms with E-state index in [1.54, 1.807) is 12.1 Å². The Labute approximate surface area is 131 Å². The monoisotopic (exact) mass is 299 g/mol. The molecule has 2 aromatic rings. The van der Waals surface area contributed by atoms with Crippen LogP contribution in [0.1, 0.15) is 23.1 Å². The summed E-state index contributed by atoms with van der Waals surface area (Å²) in [5, 5.41) is 9.07. The van der Waals surface area contributed by atoms with Gasteiger partial charge in [-0.15, -0.1) is 0 Å². The average molecular weight is 299 g/mol. The molecule has 0 aromatic heterocycles. The highest BCUT2D eigenvalue weighted by molar-refractivity contribution is 5.22. The summed E-state index contributed by atoms with van der Waals surface area (Å²) in [6.45, 7) is 3.08. The summed E-state index contributed by atoms with van der Waals surface area (Å²) in [6.07, 6.45) is 2.27. The quantitative estimate of drug-likeness (QED) is 0.915. The second-order valence-corrected chi connectivity index (χ2v) is 6.20. The number of halogens is 1. The number of aliphatic hydroxyl groups excluding tert-OH is 1. The van der Waals surface area contributed by atoms with Gasteiger partial charge in [-0.3, -0.25) is 4.90 Å². The molecule has 1 aliphatic rings. The summed E-state index contributed by atoms with van der Waals surface area (Å²) in [7, 11) is 0. The highest BCUT2D eigenvalue weighted by atomic mass is 19.1. The first-order valence-corrected chi connectivity index (χ1v) is 7.88. The SMILES string of the molecule is OCc1ccc(C[C@@H]2CCN(Cc3cccc(F)c3)C2)cc1. The van der Waals surface area contributed by atoms with Crippen molar-refractivity contribution < 1.29 is 9.50 Å². The third kappa shape index (κ3) is 3.93. The summed E-state index contributed by atoms with van der Waals surface area (Å²) in [5.41, 5.74) is 3.34. The molecule has 22 heavy (non-hydrogen) atoms. The second-order valence-electron chi connectivity index (χ2n) is 6.20. The Bertz CT molecular complexity index is 611. The van der Waals surface area contributed by atoms with Gasteiger partial charge in [0.05, 0.1) is 6.61 Å². The van der Waals surface area contributed by atoms with Gasteiger partial charge >= 0.3 is 0 Å². The number of hydrogen-bond donors (Lipinski definition) is 1. The van der Waals surface area contributed by atoms with E-state index < -0.39 is 0 Å². The molecular weight excluding hydrogens is 277 g/mol. The third-order valence-corrected chi connectivity index (χ3v) is 4.40. The highest BCUT2D eigenvalue weighted by Gasteiger charge is 2.22. The smallest absolute Gasteiger partial charge is 0.123 e. The Balaban J connectivity index is 1.53. The van der Waals surface area contributed by atoms with Crippen LogP contribution in [0.15, 0.2) is 48.5 Å². The molecule has 0 unspecified atom stereocenters. The van der Waals surface area contributed by atoms with Crippen molar-refractivity contribution in [1.29, 1.82) is 0 Å². The maximum absolute atomic E-state index is 13.2. The largest absolute Gasteiger partial charge is 0.392 e. The fourth-order valence-corrected chi connectivity index (χ4v) is 3.23. The molecule has 3 heteroatoms. The van der Waals surface area contributed by atoms with Crippen molar-refractivity contribution in [1.82, 2.24) is 4.90 Å². The molecule has 1 atom stereocenters. The molecule has 1 saturated heterocycles. The summed E-state index contributed by atoms with van der Waals surface area (Å²) >= 11 is 0. The number of benzene rings is 2. The molecular formula is C19H22FNO. The summed E-state index contributed by atoms with van der Waals surface area (Å²) in [6, 6.07) is 15.1. The van der Waals surface area contributed by atoms with Crippen LogP contribution in [0.2, 0.25) is 0 Å². The normalized spacial score (nSPS) is 18.7. The minimum atomic E-state index is -0.155. The fraction of sp³-hybridized carbons (Fsp3) is 0.368. The molecule has 1 heterocycles. The van der Waals surface area contributed by atoms with Gasteiger partial charge in [-0.1, -0.05) is 36.4 Å². The van der Waals surface area contributed by atoms with Crippen molar-refractivity contribution in [3.05, 3.63) is 71.0 Å². The Morgan fingerprint density at radius 2 is 1.82 bits per heavy atom. The lowest BCUT2D eigenvalue weighted by molar-refractivity contribution is 0.282. The van der Waals surface area contributed by atoms with Crippen molar-refractivity contribution >= 4 is 0 Å². The Hall–Kier alpha value is -1.71. The summed E-state index contributed by atoms with van der Waals surface area (Å²) in [5.74, 6) is 0.505. The third-order valence-electron chi connectivity index (χ3n) is 4.40. The number of aliphatic hydroxyl groups is 1. The lowest BCUT2D eigenvalue weighted by Gasteiger charge is -2.16. The number of rotatable bonds is 5. The predicted molar refractivity (Wildman–Crippen MR) is 85.9 cm³/mol. The Morgan fingerprint density at radius 1 is 1.05 bits per heavy atom. The molecule has 0 amide bonds. The standard InChI is InChI=1S/C19H22FNO/c20-19-3-1-2-17(11-19)12-21-9-8-18(13-21)10-15-4-6-16(14-22)7-5-15/h1-7,11,18,22H,8-10,12-14H2/t18-/m0/s1. The molecule has 0 radical (unpaired) electrons. The second kappa shape index (κ2) is 7.03. The highest BCUT2D eigenvalue weighted by Crippen LogP contribution is 2.23. The maximum atomic E-state index is 13.2. The van der Waals surface area contributed by atoms with Crippen LogP contribution in [0.4, 0.5) is 4.39 Å². The van der Waals surface area contributed by atoms with Crippen LogP contribution in [0.3, 0.4) is 0 Å². The van der Waals surface area contributed by atoms with Gasteiger partial charge in [0.2, 0.25) is 0 Å². The Kier molecular flexibility index (Phi) is 4.86. The van der Waals surface area contributed by atoms with E-state index in [0.29, 0.717) is 5.92 Å². The van der Waals surface area contributed by atoms with Crippen molar-refractivity contribution in [2.24, 2.45) is 5.92 Å². The molecule has 2 nitrogen and oxygen atoms in total. The van der Waals surface area contributed by atoms with E-state index in [2.05, 4.69) is 17.0 Å². The molecule has 1 fully saturated rings. The topological polar surface area (TPSA) is 23.5 Å². The van der Waals surface area contributed by atoms with Crippen LogP contribution in [-0.4, -0.2) is 23.1 Å². The van der Waals surface area contributed by atoms with E-state index >= 15 is 0 Å². The molecule has 3 rings (SSSR count). The fourth-order valence-electron chi connectivity index (χ4n) is 3.23. The van der Waals surface area contributed by atoms with Crippen LogP contribution in [0.5, 0.6) is 0 Å². The molecule has 0 saturated carbocycles. The molecule has 1 N–H and O–H groups in total. The zero-order valence-electron chi connectivity index (χ0n) is 12.7. The van der Waals surface area contributed by atoms with Crippen LogP contribution in [-0.2, 0) is 19.6 Å². The molecule has 1 aliphatic heterocycles. The molecule has 0 spiro atoms. The lowest BCUT2D eigenvalue weighted by Crippen LogP contribution is -2.20. The van der Waals surface area contributed by atoms with Crippen LogP contribution < -0.4 is 0 Å². The zero-order valence-corrected chi connectivity index (χ0v) is 12.7. The van der Waals surface area contributed by atoms with E-state index in [-0.39, 0.29) is 12.4 Å². The number of hydrogen-bond acceptors (Lipinski definition) is 2. The van der Waals surface area contributed by atoms with E-state index in [1.165, 1.54) is 18.1 Å². The molecule has 0 aliphatic carbocycles. The van der Waals surface area contributed by atoms with E-state index in [9.17, 15) is 4.39 Å². The summed E-state index contributed by atoms with van der Waals surface area (Å²) in [4.78, 5) is 2.40. The number of nitrogens with zero attached hydrogens (tertiary/aromatic N) is 1. The van der Waals surface area contributed by atoms with Gasteiger partial charge in [-0.2, -0.15) is 0 Å². The van der Waals surface area contributed by atoms with E-state index in [4.69, 9.17) is 5.11 Å². The van der Waals surface area contributed by atoms with Gasteiger partial charge in [0, 0.05) is 13.1 Å². The zero-order chi connectivity index (χ0) is 15.4. The predicted octanol–water partition coefficient (Wildman–Crippen LogP) is 3.38. The van der Waals surface area contributed by atoms with E-state index in [1.807, 2.05) is 18.2 Å². The van der Waals surface area contributed by atoms with Crippen LogP contribution in [0, 0.1) is 11.7 Å². The lowest BCUT2D eigenvalue weighted by atomic mass is 9.98. The van der Waals surface area contributed by atoms with Gasteiger partial charge in [-0.05, 0) is 54.1 Å². The first kappa shape index (κ1) is 15.2. The Morgan fingerprint density at radius 3 is 2.55 bits per heavy atom. The van der Waals surface area contributed by atoms with Crippen LogP contribution >= 0.6 is 0 Å². The molecule has 116 valence electrons. The van der Waals surface area contributed by atoms with Crippen molar-refractivity contribution in [3.8, 4) is 0 Å². The molecule has 2 aromatic carbocycles. The van der Waals surface area contributed by atoms with Gasteiger partial charge < -0.3 is 5.11 Å². The van der Waals surface area contributed by atoms with Crippen LogP contribution in [0.25, 0.3) is 0 Å². The van der Waals surface area contributed by atoms with Crippen molar-refractivity contribution in [2.75, 3.05) is 13.1 Å². The van der Waals surface area contributed by atoms with Crippen molar-refractivity contribution in [3.63, 3.8) is 0 Å². The summed E-state index contributed by atoms with van der Waals surface area (Å²) < 4.78 is 13.2. The van der Waals surface area contributed by atoms with Gasteiger partial charge in [0.25, 0.3) is 0 Å². The van der Waals surface area contributed by atoms with Crippen molar-refractivity contribution in [2.45, 2.75) is 26.0 Å².